The van der Waals surface area contributed by atoms with Crippen molar-refractivity contribution in [2.45, 2.75) is 65.3 Å². The molecule has 11 heteroatoms. The van der Waals surface area contributed by atoms with Crippen LogP contribution in [0.25, 0.3) is 0 Å². The van der Waals surface area contributed by atoms with Crippen LogP contribution in [0.3, 0.4) is 0 Å². The molecule has 1 heterocycles. The van der Waals surface area contributed by atoms with Crippen LogP contribution in [-0.2, 0) is 25.6 Å². The van der Waals surface area contributed by atoms with E-state index in [0.29, 0.717) is 44.2 Å². The lowest BCUT2D eigenvalue weighted by Gasteiger charge is -2.35. The Balaban J connectivity index is 0.00000722. The molecule has 0 saturated carbocycles. The predicted molar refractivity (Wildman–Crippen MR) is 157 cm³/mol. The fourth-order valence-corrected chi connectivity index (χ4v) is 4.45. The molecule has 1 fully saturated rings. The smallest absolute Gasteiger partial charge is 0.305 e. The fraction of sp³-hybridized carbons (Fsp3) is 0.714. The van der Waals surface area contributed by atoms with Crippen molar-refractivity contribution in [2.75, 3.05) is 66.8 Å². The maximum Gasteiger partial charge on any atom is 0.305 e. The summed E-state index contributed by atoms with van der Waals surface area (Å²) < 4.78 is 27.4. The fourth-order valence-electron chi connectivity index (χ4n) is 4.45. The van der Waals surface area contributed by atoms with E-state index in [0.717, 1.165) is 82.7 Å². The Morgan fingerprint density at radius 3 is 1.92 bits per heavy atom. The lowest BCUT2D eigenvalue weighted by molar-refractivity contribution is -0.144. The average molecular weight is 596 g/mol. The maximum atomic E-state index is 11.6. The zero-order valence-corrected chi connectivity index (χ0v) is 25.7. The number of piperazine rings is 1. The molecule has 1 aromatic carbocycles. The zero-order valence-electron chi connectivity index (χ0n) is 24.0. The summed E-state index contributed by atoms with van der Waals surface area (Å²) in [6.07, 6.45) is 5.46. The van der Waals surface area contributed by atoms with Crippen LogP contribution >= 0.6 is 24.8 Å². The number of nitrogens with zero attached hydrogens (tertiary/aromatic N) is 2. The van der Waals surface area contributed by atoms with Crippen molar-refractivity contribution in [1.29, 1.82) is 0 Å². The molecule has 1 saturated heterocycles. The normalized spacial score (nSPS) is 13.5. The topological polar surface area (TPSA) is 86.8 Å². The molecule has 1 aliphatic heterocycles. The lowest BCUT2D eigenvalue weighted by Crippen LogP contribution is -2.46. The van der Waals surface area contributed by atoms with Crippen molar-refractivity contribution < 1.29 is 33.3 Å². The molecule has 226 valence electrons. The minimum Gasteiger partial charge on any atom is -0.493 e. The Morgan fingerprint density at radius 1 is 0.744 bits per heavy atom. The number of hydrogen-bond donors (Lipinski definition) is 0. The summed E-state index contributed by atoms with van der Waals surface area (Å²) in [5.74, 6) is 1.79. The van der Waals surface area contributed by atoms with Gasteiger partial charge in [-0.05, 0) is 45.7 Å². The Labute approximate surface area is 246 Å². The van der Waals surface area contributed by atoms with Gasteiger partial charge in [-0.25, -0.2) is 0 Å². The third-order valence-corrected chi connectivity index (χ3v) is 6.43. The van der Waals surface area contributed by atoms with E-state index in [1.54, 1.807) is 14.2 Å². The van der Waals surface area contributed by atoms with Crippen LogP contribution < -0.4 is 14.2 Å². The van der Waals surface area contributed by atoms with Crippen molar-refractivity contribution in [3.05, 3.63) is 17.7 Å². The van der Waals surface area contributed by atoms with Crippen molar-refractivity contribution >= 4 is 36.8 Å². The summed E-state index contributed by atoms with van der Waals surface area (Å²) in [4.78, 5) is 27.9. The number of ether oxygens (including phenoxy) is 5. The highest BCUT2D eigenvalue weighted by atomic mass is 35.5. The summed E-state index contributed by atoms with van der Waals surface area (Å²) in [6.45, 7) is 10.6. The van der Waals surface area contributed by atoms with Crippen molar-refractivity contribution in [1.82, 2.24) is 9.80 Å². The van der Waals surface area contributed by atoms with Crippen LogP contribution in [-0.4, -0.2) is 88.5 Å². The molecular formula is C28H48Cl2N2O7. The Hall–Kier alpha value is -1.94. The molecular weight excluding hydrogens is 547 g/mol. The standard InChI is InChI=1S/C28H46N2O7.2ClH/c1-5-35-25(31)12-9-7-8-10-21-37-27-23(14-15-24(33-3)28(27)34-4)22-30-19-17-29(18-20-30)16-11-13-26(32)36-6-2;;/h14-15H,5-13,16-22H2,1-4H3;2*1H. The van der Waals surface area contributed by atoms with Gasteiger partial charge >= 0.3 is 11.9 Å². The first kappa shape index (κ1) is 37.1. The third-order valence-electron chi connectivity index (χ3n) is 6.43. The van der Waals surface area contributed by atoms with Crippen LogP contribution in [0.15, 0.2) is 12.1 Å². The molecule has 0 spiro atoms. The van der Waals surface area contributed by atoms with E-state index in [9.17, 15) is 9.59 Å². The Kier molecular flexibility index (Phi) is 20.7. The number of esters is 2. The first-order chi connectivity index (χ1) is 18.0. The van der Waals surface area contributed by atoms with Gasteiger partial charge in [-0.1, -0.05) is 18.9 Å². The van der Waals surface area contributed by atoms with Crippen LogP contribution in [0.1, 0.15) is 64.4 Å². The number of methoxy groups -OCH3 is 2. The second kappa shape index (κ2) is 21.8. The minimum atomic E-state index is -0.123. The van der Waals surface area contributed by atoms with E-state index in [-0.39, 0.29) is 36.8 Å². The number of benzene rings is 1. The van der Waals surface area contributed by atoms with E-state index in [1.807, 2.05) is 19.9 Å². The van der Waals surface area contributed by atoms with Crippen LogP contribution in [0.5, 0.6) is 17.2 Å². The quantitative estimate of drug-likeness (QED) is 0.174. The highest BCUT2D eigenvalue weighted by Crippen LogP contribution is 2.40. The summed E-state index contributed by atoms with van der Waals surface area (Å²) in [6, 6.07) is 3.99. The number of rotatable bonds is 18. The number of hydrogen-bond acceptors (Lipinski definition) is 9. The van der Waals surface area contributed by atoms with Gasteiger partial charge in [0.1, 0.15) is 0 Å². The molecule has 2 rings (SSSR count). The molecule has 0 aliphatic carbocycles. The van der Waals surface area contributed by atoms with Gasteiger partial charge in [0, 0.05) is 51.1 Å². The number of unbranched alkanes of at least 4 members (excludes halogenated alkanes) is 3. The van der Waals surface area contributed by atoms with Crippen LogP contribution in [0, 0.1) is 0 Å². The first-order valence-electron chi connectivity index (χ1n) is 13.6. The van der Waals surface area contributed by atoms with Crippen molar-refractivity contribution in [3.63, 3.8) is 0 Å². The summed E-state index contributed by atoms with van der Waals surface area (Å²) in [7, 11) is 3.27. The van der Waals surface area contributed by atoms with E-state index in [1.165, 1.54) is 0 Å². The first-order valence-corrected chi connectivity index (χ1v) is 13.6. The van der Waals surface area contributed by atoms with Crippen molar-refractivity contribution in [3.8, 4) is 17.2 Å². The Bertz CT molecular complexity index is 821. The Morgan fingerprint density at radius 2 is 1.33 bits per heavy atom. The van der Waals surface area contributed by atoms with Crippen LogP contribution in [0.4, 0.5) is 0 Å². The number of carbonyl (C=O) groups is 2. The second-order valence-electron chi connectivity index (χ2n) is 9.13. The molecule has 0 N–H and O–H groups in total. The molecule has 0 amide bonds. The molecule has 0 atom stereocenters. The SMILES string of the molecule is CCOC(=O)CCCCCCOc1c(CN2CCN(CCCC(=O)OCC)CC2)ccc(OC)c1OC.Cl.Cl. The van der Waals surface area contributed by atoms with E-state index >= 15 is 0 Å². The predicted octanol–water partition coefficient (Wildman–Crippen LogP) is 4.90. The zero-order chi connectivity index (χ0) is 26.9. The molecule has 9 nitrogen and oxygen atoms in total. The van der Waals surface area contributed by atoms with Gasteiger partial charge in [0.2, 0.25) is 5.75 Å². The van der Waals surface area contributed by atoms with Gasteiger partial charge in [-0.2, -0.15) is 0 Å². The largest absolute Gasteiger partial charge is 0.493 e. The maximum absolute atomic E-state index is 11.6. The van der Waals surface area contributed by atoms with E-state index < -0.39 is 0 Å². The molecule has 0 radical (unpaired) electrons. The van der Waals surface area contributed by atoms with Gasteiger partial charge in [0.15, 0.2) is 11.5 Å². The number of halogens is 2. The molecule has 0 bridgehead atoms. The molecule has 39 heavy (non-hydrogen) atoms. The van der Waals surface area contributed by atoms with Gasteiger partial charge < -0.3 is 28.6 Å². The monoisotopic (exact) mass is 594 g/mol. The van der Waals surface area contributed by atoms with Gasteiger partial charge in [0.05, 0.1) is 34.0 Å². The second-order valence-corrected chi connectivity index (χ2v) is 9.13. The van der Waals surface area contributed by atoms with Crippen molar-refractivity contribution in [2.24, 2.45) is 0 Å². The molecule has 1 aromatic rings. The van der Waals surface area contributed by atoms with Gasteiger partial charge in [-0.3, -0.25) is 14.5 Å². The van der Waals surface area contributed by atoms with Crippen LogP contribution in [0.2, 0.25) is 0 Å². The molecule has 0 aromatic heterocycles. The highest BCUT2D eigenvalue weighted by molar-refractivity contribution is 5.85. The highest BCUT2D eigenvalue weighted by Gasteiger charge is 2.22. The molecule has 1 aliphatic rings. The van der Waals surface area contributed by atoms with E-state index in [2.05, 4.69) is 15.9 Å². The van der Waals surface area contributed by atoms with Gasteiger partial charge in [0.25, 0.3) is 0 Å². The molecule has 0 unspecified atom stereocenters. The summed E-state index contributed by atoms with van der Waals surface area (Å²) >= 11 is 0. The number of carbonyl (C=O) groups excluding carboxylic acids is 2. The summed E-state index contributed by atoms with van der Waals surface area (Å²) in [5.41, 5.74) is 1.08. The van der Waals surface area contributed by atoms with Gasteiger partial charge in [-0.15, -0.1) is 24.8 Å². The van der Waals surface area contributed by atoms with E-state index in [4.69, 9.17) is 23.7 Å². The lowest BCUT2D eigenvalue weighted by atomic mass is 10.1. The minimum absolute atomic E-state index is 0. The summed E-state index contributed by atoms with van der Waals surface area (Å²) in [5, 5.41) is 0. The average Bonchev–Trinajstić information content (AvgIpc) is 2.89. The third kappa shape index (κ3) is 13.8.